The first-order valence-electron chi connectivity index (χ1n) is 22.8. The van der Waals surface area contributed by atoms with Crippen molar-refractivity contribution in [1.82, 2.24) is 0 Å². The largest absolute Gasteiger partial charge is 0.472 e. The fraction of sp³-hybridized carbons (Fsp3) is 0.955. The van der Waals surface area contributed by atoms with Crippen LogP contribution in [-0.4, -0.2) is 74.9 Å². The number of quaternary nitrogens is 1. The van der Waals surface area contributed by atoms with Gasteiger partial charge in [-0.1, -0.05) is 194 Å². The summed E-state index contributed by atoms with van der Waals surface area (Å²) in [6.45, 7) is 4.46. The number of phosphoric ester groups is 1. The molecule has 0 aliphatic heterocycles. The molecule has 9 nitrogen and oxygen atoms in total. The predicted molar refractivity (Wildman–Crippen MR) is 225 cm³/mol. The van der Waals surface area contributed by atoms with Crippen molar-refractivity contribution in [2.45, 2.75) is 225 Å². The fourth-order valence-corrected chi connectivity index (χ4v) is 7.29. The normalized spacial score (nSPS) is 13.5. The van der Waals surface area contributed by atoms with E-state index in [1.807, 2.05) is 21.1 Å². The minimum Gasteiger partial charge on any atom is -0.462 e. The summed E-state index contributed by atoms with van der Waals surface area (Å²) in [7, 11) is 1.49. The third-order valence-corrected chi connectivity index (χ3v) is 11.1. The van der Waals surface area contributed by atoms with Gasteiger partial charge in [-0.2, -0.15) is 0 Å². The van der Waals surface area contributed by atoms with Crippen LogP contribution < -0.4 is 0 Å². The SMILES string of the molecule is CCCCCCCCCCCCCCCCCCCC(=O)OC(COC(=O)CCCCCCCCCCCCCCC)COP(=O)(O)OCC[N+](C)(C)C. The summed E-state index contributed by atoms with van der Waals surface area (Å²) in [5.41, 5.74) is 0. The standard InChI is InChI=1S/C44H88NO8P/c1-6-8-10-12-14-16-18-20-21-22-23-25-27-29-31-33-35-37-44(47)53-42(41-52-54(48,49)51-39-38-45(3,4)5)40-50-43(46)36-34-32-30-28-26-24-19-17-15-13-11-9-7-2/h42H,6-41H2,1-5H3/p+1. The molecule has 0 fully saturated rings. The monoisotopic (exact) mass is 791 g/mol. The van der Waals surface area contributed by atoms with Crippen molar-refractivity contribution in [1.29, 1.82) is 0 Å². The molecule has 0 heterocycles. The molecule has 0 bridgehead atoms. The third-order valence-electron chi connectivity index (χ3n) is 10.1. The molecule has 0 aliphatic carbocycles. The van der Waals surface area contributed by atoms with Crippen molar-refractivity contribution in [3.05, 3.63) is 0 Å². The van der Waals surface area contributed by atoms with Gasteiger partial charge in [0.05, 0.1) is 27.7 Å². The van der Waals surface area contributed by atoms with Crippen LogP contribution in [0.25, 0.3) is 0 Å². The number of ether oxygens (including phenoxy) is 2. The van der Waals surface area contributed by atoms with Crippen molar-refractivity contribution >= 4 is 19.8 Å². The lowest BCUT2D eigenvalue weighted by atomic mass is 10.0. The summed E-state index contributed by atoms with van der Waals surface area (Å²) < 4.78 is 34.3. The molecular weight excluding hydrogens is 701 g/mol. The minimum absolute atomic E-state index is 0.0369. The number of hydrogen-bond acceptors (Lipinski definition) is 7. The van der Waals surface area contributed by atoms with Gasteiger partial charge in [-0.05, 0) is 12.8 Å². The van der Waals surface area contributed by atoms with Crippen LogP contribution in [0.15, 0.2) is 0 Å². The Kier molecular flexibility index (Phi) is 36.9. The highest BCUT2D eigenvalue weighted by atomic mass is 31.2. The zero-order chi connectivity index (χ0) is 40.0. The van der Waals surface area contributed by atoms with Crippen LogP contribution in [0.3, 0.4) is 0 Å². The summed E-state index contributed by atoms with van der Waals surface area (Å²) in [5.74, 6) is -0.783. The molecule has 0 spiro atoms. The number of carbonyl (C=O) groups excluding carboxylic acids is 2. The Hall–Kier alpha value is -0.990. The molecule has 0 rings (SSSR count). The molecule has 1 N–H and O–H groups in total. The van der Waals surface area contributed by atoms with Gasteiger partial charge in [0.2, 0.25) is 0 Å². The van der Waals surface area contributed by atoms with Crippen LogP contribution >= 0.6 is 7.82 Å². The number of hydrogen-bond donors (Lipinski definition) is 1. The molecule has 0 radical (unpaired) electrons. The molecule has 0 aromatic heterocycles. The number of unbranched alkanes of at least 4 members (excludes halogenated alkanes) is 28. The first kappa shape index (κ1) is 53.0. The average molecular weight is 791 g/mol. The second-order valence-electron chi connectivity index (χ2n) is 16.8. The summed E-state index contributed by atoms with van der Waals surface area (Å²) in [6, 6.07) is 0. The van der Waals surface area contributed by atoms with Crippen molar-refractivity contribution in [3.8, 4) is 0 Å². The zero-order valence-electron chi connectivity index (χ0n) is 36.2. The second kappa shape index (κ2) is 37.6. The minimum atomic E-state index is -4.36. The Balaban J connectivity index is 4.29. The van der Waals surface area contributed by atoms with E-state index in [0.717, 1.165) is 38.5 Å². The predicted octanol–water partition coefficient (Wildman–Crippen LogP) is 12.8. The van der Waals surface area contributed by atoms with E-state index in [4.69, 9.17) is 18.5 Å². The van der Waals surface area contributed by atoms with Gasteiger partial charge in [-0.25, -0.2) is 4.57 Å². The zero-order valence-corrected chi connectivity index (χ0v) is 37.1. The summed E-state index contributed by atoms with van der Waals surface area (Å²) in [4.78, 5) is 35.4. The van der Waals surface area contributed by atoms with E-state index in [1.54, 1.807) is 0 Å². The molecule has 2 unspecified atom stereocenters. The van der Waals surface area contributed by atoms with Crippen LogP contribution in [0.5, 0.6) is 0 Å². The van der Waals surface area contributed by atoms with Crippen LogP contribution in [0.4, 0.5) is 0 Å². The Morgan fingerprint density at radius 2 is 0.833 bits per heavy atom. The van der Waals surface area contributed by atoms with Gasteiger partial charge in [-0.3, -0.25) is 18.6 Å². The molecule has 0 aromatic rings. The van der Waals surface area contributed by atoms with E-state index in [0.29, 0.717) is 17.4 Å². The number of likely N-dealkylation sites (N-methyl/N-ethyl adjacent to an activating group) is 1. The third kappa shape index (κ3) is 40.7. The first-order valence-corrected chi connectivity index (χ1v) is 24.3. The van der Waals surface area contributed by atoms with Gasteiger partial charge < -0.3 is 18.9 Å². The van der Waals surface area contributed by atoms with Crippen molar-refractivity contribution in [2.75, 3.05) is 47.5 Å². The lowest BCUT2D eigenvalue weighted by Crippen LogP contribution is -2.37. The lowest BCUT2D eigenvalue weighted by molar-refractivity contribution is -0.870. The lowest BCUT2D eigenvalue weighted by Gasteiger charge is -2.24. The number of rotatable bonds is 42. The van der Waals surface area contributed by atoms with Crippen molar-refractivity contribution < 1.29 is 42.1 Å². The molecule has 0 amide bonds. The van der Waals surface area contributed by atoms with Crippen LogP contribution in [0.1, 0.15) is 219 Å². The molecule has 10 heteroatoms. The maximum Gasteiger partial charge on any atom is 0.472 e. The second-order valence-corrected chi connectivity index (χ2v) is 18.3. The highest BCUT2D eigenvalue weighted by molar-refractivity contribution is 7.47. The smallest absolute Gasteiger partial charge is 0.462 e. The van der Waals surface area contributed by atoms with E-state index < -0.39 is 26.5 Å². The van der Waals surface area contributed by atoms with Crippen LogP contribution in [0, 0.1) is 0 Å². The van der Waals surface area contributed by atoms with E-state index in [9.17, 15) is 19.0 Å². The van der Waals surface area contributed by atoms with Gasteiger partial charge in [0.1, 0.15) is 19.8 Å². The van der Waals surface area contributed by atoms with Crippen molar-refractivity contribution in [2.24, 2.45) is 0 Å². The van der Waals surface area contributed by atoms with Crippen LogP contribution in [-0.2, 0) is 32.7 Å². The van der Waals surface area contributed by atoms with E-state index in [-0.39, 0.29) is 25.6 Å². The molecule has 54 heavy (non-hydrogen) atoms. The highest BCUT2D eigenvalue weighted by Crippen LogP contribution is 2.43. The van der Waals surface area contributed by atoms with Gasteiger partial charge >= 0.3 is 19.8 Å². The van der Waals surface area contributed by atoms with Gasteiger partial charge in [0, 0.05) is 12.8 Å². The highest BCUT2D eigenvalue weighted by Gasteiger charge is 2.27. The maximum absolute atomic E-state index is 12.7. The van der Waals surface area contributed by atoms with Crippen molar-refractivity contribution in [3.63, 3.8) is 0 Å². The van der Waals surface area contributed by atoms with E-state index >= 15 is 0 Å². The molecule has 0 aliphatic rings. The fourth-order valence-electron chi connectivity index (χ4n) is 6.54. The molecule has 2 atom stereocenters. The number of carbonyl (C=O) groups is 2. The number of nitrogens with zero attached hydrogens (tertiary/aromatic N) is 1. The Bertz CT molecular complexity index is 896. The molecule has 0 saturated heterocycles. The molecule has 0 saturated carbocycles. The van der Waals surface area contributed by atoms with Gasteiger partial charge in [0.15, 0.2) is 6.10 Å². The topological polar surface area (TPSA) is 108 Å². The molecular formula is C44H89NO8P+. The average Bonchev–Trinajstić information content (AvgIpc) is 3.12. The summed E-state index contributed by atoms with van der Waals surface area (Å²) in [6.07, 6.45) is 37.1. The Morgan fingerprint density at radius 1 is 0.500 bits per heavy atom. The summed E-state index contributed by atoms with van der Waals surface area (Å²) in [5, 5.41) is 0. The van der Waals surface area contributed by atoms with Gasteiger partial charge in [0.25, 0.3) is 0 Å². The Labute approximate surface area is 334 Å². The Morgan fingerprint density at radius 3 is 1.19 bits per heavy atom. The molecule has 0 aromatic carbocycles. The van der Waals surface area contributed by atoms with E-state index in [1.165, 1.54) is 154 Å². The van der Waals surface area contributed by atoms with Crippen LogP contribution in [0.2, 0.25) is 0 Å². The first-order chi connectivity index (χ1) is 26.0. The van der Waals surface area contributed by atoms with E-state index in [2.05, 4.69) is 13.8 Å². The van der Waals surface area contributed by atoms with Gasteiger partial charge in [-0.15, -0.1) is 0 Å². The number of esters is 2. The molecule has 322 valence electrons. The maximum atomic E-state index is 12.7. The summed E-state index contributed by atoms with van der Waals surface area (Å²) >= 11 is 0. The quantitative estimate of drug-likeness (QED) is 0.0282. The number of phosphoric acid groups is 1.